The van der Waals surface area contributed by atoms with Crippen molar-refractivity contribution in [2.45, 2.75) is 50.6 Å². The first-order valence-corrected chi connectivity index (χ1v) is 8.38. The first kappa shape index (κ1) is 14.4. The molecule has 1 aromatic rings. The second kappa shape index (κ2) is 6.46. The molecule has 1 heterocycles. The van der Waals surface area contributed by atoms with Crippen LogP contribution in [-0.2, 0) is 0 Å². The van der Waals surface area contributed by atoms with Crippen LogP contribution < -0.4 is 5.73 Å². The van der Waals surface area contributed by atoms with Gasteiger partial charge in [0.25, 0.3) is 0 Å². The van der Waals surface area contributed by atoms with Crippen LogP contribution in [0.5, 0.6) is 0 Å². The average Bonchev–Trinajstić information content (AvgIpc) is 3.12. The van der Waals surface area contributed by atoms with Gasteiger partial charge in [-0.2, -0.15) is 0 Å². The number of rotatable bonds is 4. The van der Waals surface area contributed by atoms with Crippen LogP contribution in [0.2, 0.25) is 5.02 Å². The Kier molecular flexibility index (Phi) is 4.65. The lowest BCUT2D eigenvalue weighted by Crippen LogP contribution is -2.40. The molecule has 0 spiro atoms. The topological polar surface area (TPSA) is 29.3 Å². The van der Waals surface area contributed by atoms with Crippen LogP contribution in [0.15, 0.2) is 24.3 Å². The summed E-state index contributed by atoms with van der Waals surface area (Å²) < 4.78 is 0. The van der Waals surface area contributed by atoms with Gasteiger partial charge in [0.05, 0.1) is 0 Å². The number of nitrogens with zero attached hydrogens (tertiary/aromatic N) is 1. The van der Waals surface area contributed by atoms with Crippen molar-refractivity contribution in [1.29, 1.82) is 0 Å². The van der Waals surface area contributed by atoms with Crippen LogP contribution in [0.3, 0.4) is 0 Å². The molecule has 0 radical (unpaired) electrons. The molecule has 2 fully saturated rings. The van der Waals surface area contributed by atoms with Crippen molar-refractivity contribution in [2.24, 2.45) is 11.7 Å². The van der Waals surface area contributed by atoms with E-state index in [2.05, 4.69) is 17.0 Å². The molecule has 0 bridgehead atoms. The van der Waals surface area contributed by atoms with Crippen molar-refractivity contribution in [1.82, 2.24) is 4.90 Å². The normalized spacial score (nSPS) is 26.2. The molecule has 3 rings (SSSR count). The van der Waals surface area contributed by atoms with E-state index in [4.69, 9.17) is 17.3 Å². The standard InChI is InChI=1S/C17H25ClN2/c18-15-9-7-14(8-10-15)17(12-19)20-11-3-6-16(20)13-4-1-2-5-13/h7-10,13,16-17H,1-6,11-12,19H2. The maximum atomic E-state index is 6.11. The van der Waals surface area contributed by atoms with E-state index < -0.39 is 0 Å². The second-order valence-corrected chi connectivity index (χ2v) is 6.73. The van der Waals surface area contributed by atoms with Crippen LogP contribution in [-0.4, -0.2) is 24.0 Å². The Morgan fingerprint density at radius 1 is 1.10 bits per heavy atom. The quantitative estimate of drug-likeness (QED) is 0.909. The van der Waals surface area contributed by atoms with Gasteiger partial charge in [0.1, 0.15) is 0 Å². The minimum atomic E-state index is 0.361. The molecule has 2 unspecified atom stereocenters. The summed E-state index contributed by atoms with van der Waals surface area (Å²) in [5, 5.41) is 0.804. The Hall–Kier alpha value is -0.570. The number of benzene rings is 1. The highest BCUT2D eigenvalue weighted by atomic mass is 35.5. The van der Waals surface area contributed by atoms with Gasteiger partial charge in [-0.1, -0.05) is 36.6 Å². The average molecular weight is 293 g/mol. The SMILES string of the molecule is NCC(c1ccc(Cl)cc1)N1CCCC1C1CCCC1. The summed E-state index contributed by atoms with van der Waals surface area (Å²) in [7, 11) is 0. The highest BCUT2D eigenvalue weighted by molar-refractivity contribution is 6.30. The van der Waals surface area contributed by atoms with E-state index in [1.165, 1.54) is 50.6 Å². The zero-order valence-corrected chi connectivity index (χ0v) is 12.9. The first-order valence-electron chi connectivity index (χ1n) is 8.01. The highest BCUT2D eigenvalue weighted by Gasteiger charge is 2.36. The number of hydrogen-bond donors (Lipinski definition) is 1. The number of hydrogen-bond acceptors (Lipinski definition) is 2. The minimum Gasteiger partial charge on any atom is -0.329 e. The third-order valence-electron chi connectivity index (χ3n) is 5.16. The molecule has 0 aromatic heterocycles. The van der Waals surface area contributed by atoms with Crippen LogP contribution in [0.1, 0.15) is 50.1 Å². The summed E-state index contributed by atoms with van der Waals surface area (Å²) in [6.07, 6.45) is 8.35. The fourth-order valence-electron chi connectivity index (χ4n) is 4.20. The van der Waals surface area contributed by atoms with Gasteiger partial charge in [0.2, 0.25) is 0 Å². The largest absolute Gasteiger partial charge is 0.329 e. The van der Waals surface area contributed by atoms with E-state index in [1.807, 2.05) is 12.1 Å². The third kappa shape index (κ3) is 2.88. The lowest BCUT2D eigenvalue weighted by atomic mass is 9.94. The molecule has 20 heavy (non-hydrogen) atoms. The van der Waals surface area contributed by atoms with Gasteiger partial charge in [0, 0.05) is 23.7 Å². The zero-order valence-electron chi connectivity index (χ0n) is 12.1. The fraction of sp³-hybridized carbons (Fsp3) is 0.647. The molecule has 1 aliphatic carbocycles. The fourth-order valence-corrected chi connectivity index (χ4v) is 4.32. The second-order valence-electron chi connectivity index (χ2n) is 6.29. The van der Waals surface area contributed by atoms with E-state index >= 15 is 0 Å². The number of likely N-dealkylation sites (tertiary alicyclic amines) is 1. The molecular weight excluding hydrogens is 268 g/mol. The van der Waals surface area contributed by atoms with Crippen molar-refractivity contribution in [3.63, 3.8) is 0 Å². The van der Waals surface area contributed by atoms with Crippen molar-refractivity contribution >= 4 is 11.6 Å². The molecule has 2 nitrogen and oxygen atoms in total. The van der Waals surface area contributed by atoms with Gasteiger partial charge in [-0.15, -0.1) is 0 Å². The van der Waals surface area contributed by atoms with Crippen molar-refractivity contribution < 1.29 is 0 Å². The third-order valence-corrected chi connectivity index (χ3v) is 5.42. The summed E-state index contributed by atoms with van der Waals surface area (Å²) >= 11 is 6.01. The minimum absolute atomic E-state index is 0.361. The van der Waals surface area contributed by atoms with Gasteiger partial charge in [-0.3, -0.25) is 4.90 Å². The molecule has 0 amide bonds. The summed E-state index contributed by atoms with van der Waals surface area (Å²) in [6.45, 7) is 1.90. The van der Waals surface area contributed by atoms with Crippen molar-refractivity contribution in [3.05, 3.63) is 34.9 Å². The Bertz CT molecular complexity index is 425. The van der Waals surface area contributed by atoms with Gasteiger partial charge < -0.3 is 5.73 Å². The van der Waals surface area contributed by atoms with Gasteiger partial charge in [0.15, 0.2) is 0 Å². The molecule has 110 valence electrons. The maximum Gasteiger partial charge on any atom is 0.0473 e. The number of nitrogens with two attached hydrogens (primary N) is 1. The predicted octanol–water partition coefficient (Wildman–Crippen LogP) is 3.99. The molecule has 1 saturated carbocycles. The Morgan fingerprint density at radius 3 is 2.45 bits per heavy atom. The molecule has 1 aromatic carbocycles. The maximum absolute atomic E-state index is 6.11. The molecule has 2 aliphatic rings. The van der Waals surface area contributed by atoms with E-state index in [1.54, 1.807) is 0 Å². The van der Waals surface area contributed by atoms with Gasteiger partial charge in [-0.25, -0.2) is 0 Å². The molecule has 1 aliphatic heterocycles. The predicted molar refractivity (Wildman–Crippen MR) is 84.9 cm³/mol. The summed E-state index contributed by atoms with van der Waals surface area (Å²) in [5.41, 5.74) is 7.43. The van der Waals surface area contributed by atoms with E-state index in [0.717, 1.165) is 17.0 Å². The molecular formula is C17H25ClN2. The van der Waals surface area contributed by atoms with Gasteiger partial charge in [-0.05, 0) is 55.8 Å². The lowest BCUT2D eigenvalue weighted by Gasteiger charge is -2.36. The Balaban J connectivity index is 1.78. The summed E-state index contributed by atoms with van der Waals surface area (Å²) in [6, 6.07) is 9.37. The first-order chi connectivity index (χ1) is 9.79. The molecule has 1 saturated heterocycles. The van der Waals surface area contributed by atoms with E-state index in [9.17, 15) is 0 Å². The Morgan fingerprint density at radius 2 is 1.80 bits per heavy atom. The summed E-state index contributed by atoms with van der Waals surface area (Å²) in [4.78, 5) is 2.68. The van der Waals surface area contributed by atoms with Crippen molar-refractivity contribution in [2.75, 3.05) is 13.1 Å². The van der Waals surface area contributed by atoms with Crippen LogP contribution in [0, 0.1) is 5.92 Å². The van der Waals surface area contributed by atoms with Crippen LogP contribution >= 0.6 is 11.6 Å². The molecule has 2 atom stereocenters. The van der Waals surface area contributed by atoms with Crippen molar-refractivity contribution in [3.8, 4) is 0 Å². The van der Waals surface area contributed by atoms with E-state index in [0.29, 0.717) is 12.6 Å². The van der Waals surface area contributed by atoms with Crippen LogP contribution in [0.4, 0.5) is 0 Å². The lowest BCUT2D eigenvalue weighted by molar-refractivity contribution is 0.138. The van der Waals surface area contributed by atoms with E-state index in [-0.39, 0.29) is 0 Å². The van der Waals surface area contributed by atoms with Crippen LogP contribution in [0.25, 0.3) is 0 Å². The smallest absolute Gasteiger partial charge is 0.0473 e. The summed E-state index contributed by atoms with van der Waals surface area (Å²) in [5.74, 6) is 0.902. The Labute approximate surface area is 127 Å². The zero-order chi connectivity index (χ0) is 13.9. The number of halogens is 1. The highest BCUT2D eigenvalue weighted by Crippen LogP contribution is 2.39. The molecule has 2 N–H and O–H groups in total. The molecule has 3 heteroatoms. The van der Waals surface area contributed by atoms with Gasteiger partial charge >= 0.3 is 0 Å². The monoisotopic (exact) mass is 292 g/mol.